The highest BCUT2D eigenvalue weighted by Gasteiger charge is 2.42. The highest BCUT2D eigenvalue weighted by Crippen LogP contribution is 2.29. The zero-order chi connectivity index (χ0) is 22.9. The number of carbonyl (C=O) groups is 3. The Hall–Kier alpha value is -2.57. The quantitative estimate of drug-likeness (QED) is 0.723. The third kappa shape index (κ3) is 4.76. The molecule has 3 heterocycles. The fourth-order valence-electron chi connectivity index (χ4n) is 5.21. The standard InChI is InChI=1S/C25H36N4O3/c1-25(2,3)29-18-20(17-22(29)30)24(32)27-11-9-19(10-12-27)23(31)28-15-13-26(14-16-28)21-7-5-4-6-8-21/h4-8,19-20H,9-18H2,1-3H3/t20-/m1/s1. The fraction of sp³-hybridized carbons (Fsp3) is 0.640. The Bertz CT molecular complexity index is 834. The number of piperazine rings is 1. The molecule has 1 atom stereocenters. The van der Waals surface area contributed by atoms with Gasteiger partial charge in [0.1, 0.15) is 0 Å². The number of para-hydroxylation sites is 1. The van der Waals surface area contributed by atoms with E-state index < -0.39 is 0 Å². The van der Waals surface area contributed by atoms with E-state index in [0.29, 0.717) is 38.9 Å². The van der Waals surface area contributed by atoms with E-state index in [1.54, 1.807) is 0 Å². The smallest absolute Gasteiger partial charge is 0.227 e. The number of piperidine rings is 1. The molecule has 0 saturated carbocycles. The molecule has 7 heteroatoms. The first-order chi connectivity index (χ1) is 15.2. The van der Waals surface area contributed by atoms with E-state index in [-0.39, 0.29) is 35.1 Å². The van der Waals surface area contributed by atoms with Gasteiger partial charge in [-0.15, -0.1) is 0 Å². The average Bonchev–Trinajstić information content (AvgIpc) is 3.21. The number of anilines is 1. The number of rotatable bonds is 3. The first-order valence-corrected chi connectivity index (χ1v) is 11.9. The molecule has 0 unspecified atom stereocenters. The Labute approximate surface area is 191 Å². The Morgan fingerprint density at radius 2 is 1.38 bits per heavy atom. The van der Waals surface area contributed by atoms with E-state index in [4.69, 9.17) is 0 Å². The summed E-state index contributed by atoms with van der Waals surface area (Å²) >= 11 is 0. The van der Waals surface area contributed by atoms with E-state index in [2.05, 4.69) is 17.0 Å². The molecule has 3 fully saturated rings. The molecule has 32 heavy (non-hydrogen) atoms. The van der Waals surface area contributed by atoms with Gasteiger partial charge in [-0.25, -0.2) is 0 Å². The Morgan fingerprint density at radius 1 is 0.812 bits per heavy atom. The lowest BCUT2D eigenvalue weighted by atomic mass is 9.93. The van der Waals surface area contributed by atoms with E-state index >= 15 is 0 Å². The molecule has 0 spiro atoms. The van der Waals surface area contributed by atoms with E-state index in [1.165, 1.54) is 5.69 Å². The number of hydrogen-bond donors (Lipinski definition) is 0. The third-order valence-electron chi connectivity index (χ3n) is 7.15. The van der Waals surface area contributed by atoms with Crippen molar-refractivity contribution in [2.24, 2.45) is 11.8 Å². The van der Waals surface area contributed by atoms with Crippen molar-refractivity contribution in [1.29, 1.82) is 0 Å². The summed E-state index contributed by atoms with van der Waals surface area (Å²) in [4.78, 5) is 46.5. The van der Waals surface area contributed by atoms with Crippen LogP contribution >= 0.6 is 0 Å². The van der Waals surface area contributed by atoms with Crippen molar-refractivity contribution in [2.75, 3.05) is 50.7 Å². The zero-order valence-electron chi connectivity index (χ0n) is 19.6. The molecule has 3 saturated heterocycles. The van der Waals surface area contributed by atoms with Crippen LogP contribution in [-0.4, -0.2) is 83.8 Å². The van der Waals surface area contributed by atoms with Crippen LogP contribution in [0.15, 0.2) is 30.3 Å². The molecule has 4 rings (SSSR count). The second kappa shape index (κ2) is 9.12. The van der Waals surface area contributed by atoms with Crippen LogP contribution in [-0.2, 0) is 14.4 Å². The van der Waals surface area contributed by atoms with Crippen molar-refractivity contribution in [3.05, 3.63) is 30.3 Å². The molecule has 0 bridgehead atoms. The molecule has 7 nitrogen and oxygen atoms in total. The number of benzene rings is 1. The molecule has 3 aliphatic rings. The summed E-state index contributed by atoms with van der Waals surface area (Å²) in [5.41, 5.74) is 0.956. The second-order valence-electron chi connectivity index (χ2n) is 10.3. The number of carbonyl (C=O) groups excluding carboxylic acids is 3. The van der Waals surface area contributed by atoms with Gasteiger partial charge in [-0.2, -0.15) is 0 Å². The van der Waals surface area contributed by atoms with E-state index in [9.17, 15) is 14.4 Å². The lowest BCUT2D eigenvalue weighted by molar-refractivity contribution is -0.142. The van der Waals surface area contributed by atoms with Crippen LogP contribution < -0.4 is 4.90 Å². The Morgan fingerprint density at radius 3 is 1.94 bits per heavy atom. The number of nitrogens with zero attached hydrogens (tertiary/aromatic N) is 4. The van der Waals surface area contributed by atoms with Crippen molar-refractivity contribution in [2.45, 2.75) is 45.6 Å². The van der Waals surface area contributed by atoms with Crippen LogP contribution in [0.4, 0.5) is 5.69 Å². The van der Waals surface area contributed by atoms with Gasteiger partial charge in [-0.3, -0.25) is 14.4 Å². The van der Waals surface area contributed by atoms with Gasteiger partial charge in [0, 0.05) is 69.4 Å². The summed E-state index contributed by atoms with van der Waals surface area (Å²) in [6.45, 7) is 11.0. The maximum Gasteiger partial charge on any atom is 0.227 e. The second-order valence-corrected chi connectivity index (χ2v) is 10.3. The van der Waals surface area contributed by atoms with Crippen molar-refractivity contribution in [3.63, 3.8) is 0 Å². The summed E-state index contributed by atoms with van der Waals surface area (Å²) in [7, 11) is 0. The Kier molecular flexibility index (Phi) is 6.45. The van der Waals surface area contributed by atoms with Gasteiger partial charge in [-0.1, -0.05) is 18.2 Å². The Balaban J connectivity index is 1.25. The third-order valence-corrected chi connectivity index (χ3v) is 7.15. The van der Waals surface area contributed by atoms with Gasteiger partial charge < -0.3 is 19.6 Å². The fourth-order valence-corrected chi connectivity index (χ4v) is 5.21. The van der Waals surface area contributed by atoms with Crippen molar-refractivity contribution >= 4 is 23.4 Å². The molecule has 0 N–H and O–H groups in total. The molecule has 0 aliphatic carbocycles. The molecular formula is C25H36N4O3. The zero-order valence-corrected chi connectivity index (χ0v) is 19.6. The van der Waals surface area contributed by atoms with Crippen LogP contribution in [0.2, 0.25) is 0 Å². The average molecular weight is 441 g/mol. The van der Waals surface area contributed by atoms with Gasteiger partial charge in [0.15, 0.2) is 0 Å². The summed E-state index contributed by atoms with van der Waals surface area (Å²) < 4.78 is 0. The van der Waals surface area contributed by atoms with Gasteiger partial charge >= 0.3 is 0 Å². The monoisotopic (exact) mass is 440 g/mol. The molecule has 3 amide bonds. The van der Waals surface area contributed by atoms with Gasteiger partial charge in [-0.05, 0) is 45.7 Å². The topological polar surface area (TPSA) is 64.2 Å². The first-order valence-electron chi connectivity index (χ1n) is 11.9. The van der Waals surface area contributed by atoms with Crippen LogP contribution in [0, 0.1) is 11.8 Å². The van der Waals surface area contributed by atoms with Crippen LogP contribution in [0.5, 0.6) is 0 Å². The van der Waals surface area contributed by atoms with Gasteiger partial charge in [0.25, 0.3) is 0 Å². The van der Waals surface area contributed by atoms with E-state index in [1.807, 2.05) is 53.7 Å². The van der Waals surface area contributed by atoms with Crippen LogP contribution in [0.1, 0.15) is 40.0 Å². The maximum absolute atomic E-state index is 13.1. The van der Waals surface area contributed by atoms with Crippen molar-refractivity contribution < 1.29 is 14.4 Å². The lowest BCUT2D eigenvalue weighted by Gasteiger charge is -2.39. The minimum Gasteiger partial charge on any atom is -0.368 e. The summed E-state index contributed by atoms with van der Waals surface area (Å²) in [6.07, 6.45) is 1.74. The number of likely N-dealkylation sites (tertiary alicyclic amines) is 2. The van der Waals surface area contributed by atoms with E-state index in [0.717, 1.165) is 26.2 Å². The lowest BCUT2D eigenvalue weighted by Crippen LogP contribution is -2.52. The summed E-state index contributed by atoms with van der Waals surface area (Å²) in [5, 5.41) is 0. The van der Waals surface area contributed by atoms with Crippen LogP contribution in [0.25, 0.3) is 0 Å². The molecule has 174 valence electrons. The minimum atomic E-state index is -0.254. The van der Waals surface area contributed by atoms with Crippen molar-refractivity contribution in [1.82, 2.24) is 14.7 Å². The SMILES string of the molecule is CC(C)(C)N1C[C@H](C(=O)N2CCC(C(=O)N3CCN(c4ccccc4)CC3)CC2)CC1=O. The largest absolute Gasteiger partial charge is 0.368 e. The highest BCUT2D eigenvalue weighted by atomic mass is 16.2. The predicted octanol–water partition coefficient (Wildman–Crippen LogP) is 2.22. The van der Waals surface area contributed by atoms with Crippen LogP contribution in [0.3, 0.4) is 0 Å². The highest BCUT2D eigenvalue weighted by molar-refractivity contribution is 5.90. The molecular weight excluding hydrogens is 404 g/mol. The molecule has 0 aromatic heterocycles. The maximum atomic E-state index is 13.1. The number of hydrogen-bond acceptors (Lipinski definition) is 4. The van der Waals surface area contributed by atoms with Crippen molar-refractivity contribution in [3.8, 4) is 0 Å². The number of amides is 3. The molecule has 0 radical (unpaired) electrons. The summed E-state index contributed by atoms with van der Waals surface area (Å²) in [5.74, 6) is 0.126. The molecule has 1 aromatic rings. The molecule has 3 aliphatic heterocycles. The normalized spacial score (nSPS) is 23.1. The first kappa shape index (κ1) is 22.6. The van der Waals surface area contributed by atoms with Gasteiger partial charge in [0.05, 0.1) is 5.92 Å². The van der Waals surface area contributed by atoms with Gasteiger partial charge in [0.2, 0.25) is 17.7 Å². The molecule has 1 aromatic carbocycles. The summed E-state index contributed by atoms with van der Waals surface area (Å²) in [6, 6.07) is 10.3. The minimum absolute atomic E-state index is 0.00129. The predicted molar refractivity (Wildman–Crippen MR) is 124 cm³/mol.